The van der Waals surface area contributed by atoms with Crippen LogP contribution in [0.25, 0.3) is 0 Å². The maximum Gasteiger partial charge on any atom is 0.223 e. The first-order valence-corrected chi connectivity index (χ1v) is 7.13. The molecular formula is C11H21ClN2OS. The van der Waals surface area contributed by atoms with E-state index in [1.165, 1.54) is 12.8 Å². The molecule has 16 heavy (non-hydrogen) atoms. The van der Waals surface area contributed by atoms with E-state index in [-0.39, 0.29) is 12.4 Å². The molecule has 1 atom stereocenters. The van der Waals surface area contributed by atoms with E-state index in [4.69, 9.17) is 0 Å². The average molecular weight is 265 g/mol. The minimum absolute atomic E-state index is 0. The van der Waals surface area contributed by atoms with Crippen LogP contribution in [0.4, 0.5) is 0 Å². The summed E-state index contributed by atoms with van der Waals surface area (Å²) in [5, 5.41) is 3.42. The lowest BCUT2D eigenvalue weighted by molar-refractivity contribution is -0.130. The summed E-state index contributed by atoms with van der Waals surface area (Å²) in [5.41, 5.74) is 0.426. The van der Waals surface area contributed by atoms with Gasteiger partial charge in [0.15, 0.2) is 0 Å². The Balaban J connectivity index is 0.00000128. The minimum Gasteiger partial charge on any atom is -0.342 e. The molecule has 2 rings (SSSR count). The zero-order chi connectivity index (χ0) is 10.7. The van der Waals surface area contributed by atoms with Crippen LogP contribution >= 0.6 is 24.2 Å². The topological polar surface area (TPSA) is 32.3 Å². The predicted molar refractivity (Wildman–Crippen MR) is 71.4 cm³/mol. The van der Waals surface area contributed by atoms with Crippen molar-refractivity contribution in [2.24, 2.45) is 5.41 Å². The maximum absolute atomic E-state index is 11.8. The van der Waals surface area contributed by atoms with Crippen LogP contribution in [0.2, 0.25) is 0 Å². The van der Waals surface area contributed by atoms with Crippen molar-refractivity contribution in [2.45, 2.75) is 19.3 Å². The number of likely N-dealkylation sites (tertiary alicyclic amines) is 1. The second-order valence-corrected chi connectivity index (χ2v) is 5.72. The Kier molecular flexibility index (Phi) is 5.41. The van der Waals surface area contributed by atoms with Crippen LogP contribution in [0.15, 0.2) is 0 Å². The fourth-order valence-electron chi connectivity index (χ4n) is 2.64. The Morgan fingerprint density at radius 1 is 1.50 bits per heavy atom. The zero-order valence-corrected chi connectivity index (χ0v) is 11.5. The van der Waals surface area contributed by atoms with Crippen molar-refractivity contribution < 1.29 is 4.79 Å². The van der Waals surface area contributed by atoms with Gasteiger partial charge in [-0.3, -0.25) is 4.79 Å². The summed E-state index contributed by atoms with van der Waals surface area (Å²) in [6.45, 7) is 4.22. The summed E-state index contributed by atoms with van der Waals surface area (Å²) in [4.78, 5) is 13.9. The van der Waals surface area contributed by atoms with Gasteiger partial charge in [-0.2, -0.15) is 11.8 Å². The largest absolute Gasteiger partial charge is 0.342 e. The molecule has 1 N–H and O–H groups in total. The van der Waals surface area contributed by atoms with Gasteiger partial charge in [0.2, 0.25) is 5.91 Å². The first-order valence-electron chi connectivity index (χ1n) is 5.73. The number of hydrogen-bond acceptors (Lipinski definition) is 3. The van der Waals surface area contributed by atoms with Crippen LogP contribution in [-0.2, 0) is 4.79 Å². The molecule has 0 aromatic rings. The summed E-state index contributed by atoms with van der Waals surface area (Å²) in [6.07, 6.45) is 5.22. The third-order valence-corrected chi connectivity index (χ3v) is 4.26. The van der Waals surface area contributed by atoms with Crippen molar-refractivity contribution in [1.29, 1.82) is 0 Å². The Hall–Kier alpha value is 0.0700. The van der Waals surface area contributed by atoms with Crippen molar-refractivity contribution in [3.8, 4) is 0 Å². The monoisotopic (exact) mass is 264 g/mol. The SMILES string of the molecule is CSCCC(=O)N1CCC2(CCNC2)C1.Cl. The first kappa shape index (κ1) is 14.1. The quantitative estimate of drug-likeness (QED) is 0.836. The molecule has 0 aliphatic carbocycles. The van der Waals surface area contributed by atoms with E-state index >= 15 is 0 Å². The van der Waals surface area contributed by atoms with Gasteiger partial charge in [0, 0.05) is 37.2 Å². The molecule has 1 spiro atoms. The molecule has 2 heterocycles. The lowest BCUT2D eigenvalue weighted by Gasteiger charge is -2.22. The molecular weight excluding hydrogens is 244 g/mol. The van der Waals surface area contributed by atoms with Crippen molar-refractivity contribution >= 4 is 30.1 Å². The molecule has 2 aliphatic rings. The van der Waals surface area contributed by atoms with Crippen LogP contribution in [0, 0.1) is 5.41 Å². The Bertz CT molecular complexity index is 244. The second kappa shape index (κ2) is 6.12. The number of carbonyl (C=O) groups excluding carboxylic acids is 1. The Morgan fingerprint density at radius 3 is 2.94 bits per heavy atom. The minimum atomic E-state index is 0. The molecule has 0 aromatic carbocycles. The summed E-state index contributed by atoms with van der Waals surface area (Å²) in [6, 6.07) is 0. The normalized spacial score (nSPS) is 28.4. The van der Waals surface area contributed by atoms with Crippen molar-refractivity contribution in [3.63, 3.8) is 0 Å². The fourth-order valence-corrected chi connectivity index (χ4v) is 3.02. The molecule has 2 saturated heterocycles. The van der Waals surface area contributed by atoms with Crippen LogP contribution in [0.1, 0.15) is 19.3 Å². The second-order valence-electron chi connectivity index (χ2n) is 4.73. The highest BCUT2D eigenvalue weighted by molar-refractivity contribution is 7.98. The number of amides is 1. The number of thioether (sulfide) groups is 1. The highest BCUT2D eigenvalue weighted by Crippen LogP contribution is 2.36. The number of rotatable bonds is 3. The van der Waals surface area contributed by atoms with Gasteiger partial charge < -0.3 is 10.2 Å². The molecule has 0 aromatic heterocycles. The van der Waals surface area contributed by atoms with E-state index in [1.807, 2.05) is 0 Å². The molecule has 94 valence electrons. The number of hydrogen-bond donors (Lipinski definition) is 1. The molecule has 3 nitrogen and oxygen atoms in total. The van der Waals surface area contributed by atoms with Crippen molar-refractivity contribution in [2.75, 3.05) is 38.2 Å². The number of nitrogens with zero attached hydrogens (tertiary/aromatic N) is 1. The predicted octanol–water partition coefficient (Wildman–Crippen LogP) is 1.37. The molecule has 2 fully saturated rings. The third kappa shape index (κ3) is 3.05. The lowest BCUT2D eigenvalue weighted by Crippen LogP contribution is -2.33. The van der Waals surface area contributed by atoms with Crippen LogP contribution in [0.5, 0.6) is 0 Å². The third-order valence-electron chi connectivity index (χ3n) is 3.64. The highest BCUT2D eigenvalue weighted by Gasteiger charge is 2.41. The van der Waals surface area contributed by atoms with Crippen molar-refractivity contribution in [3.05, 3.63) is 0 Å². The molecule has 0 saturated carbocycles. The molecule has 1 amide bonds. The van der Waals surface area contributed by atoms with Crippen molar-refractivity contribution in [1.82, 2.24) is 10.2 Å². The van der Waals surface area contributed by atoms with Crippen LogP contribution < -0.4 is 5.32 Å². The van der Waals surface area contributed by atoms with E-state index in [1.54, 1.807) is 11.8 Å². The molecule has 5 heteroatoms. The summed E-state index contributed by atoms with van der Waals surface area (Å²) in [7, 11) is 0. The average Bonchev–Trinajstić information content (AvgIpc) is 2.86. The van der Waals surface area contributed by atoms with Gasteiger partial charge in [0.05, 0.1) is 0 Å². The van der Waals surface area contributed by atoms with Gasteiger partial charge in [0.25, 0.3) is 0 Å². The summed E-state index contributed by atoms with van der Waals surface area (Å²) < 4.78 is 0. The van der Waals surface area contributed by atoms with Gasteiger partial charge >= 0.3 is 0 Å². The van der Waals surface area contributed by atoms with Gasteiger partial charge in [-0.25, -0.2) is 0 Å². The zero-order valence-electron chi connectivity index (χ0n) is 9.83. The smallest absolute Gasteiger partial charge is 0.223 e. The molecule has 0 radical (unpaired) electrons. The van der Waals surface area contributed by atoms with Gasteiger partial charge in [-0.05, 0) is 25.6 Å². The maximum atomic E-state index is 11.8. The Morgan fingerprint density at radius 2 is 2.31 bits per heavy atom. The Labute approximate surface area is 108 Å². The molecule has 2 aliphatic heterocycles. The van der Waals surface area contributed by atoms with E-state index in [0.717, 1.165) is 31.9 Å². The van der Waals surface area contributed by atoms with Gasteiger partial charge in [0.1, 0.15) is 0 Å². The summed E-state index contributed by atoms with van der Waals surface area (Å²) >= 11 is 1.75. The molecule has 0 bridgehead atoms. The van der Waals surface area contributed by atoms with E-state index in [0.29, 0.717) is 17.7 Å². The lowest BCUT2D eigenvalue weighted by atomic mass is 9.87. The number of halogens is 1. The van der Waals surface area contributed by atoms with Gasteiger partial charge in [-0.1, -0.05) is 0 Å². The fraction of sp³-hybridized carbons (Fsp3) is 0.909. The van der Waals surface area contributed by atoms with Crippen LogP contribution in [-0.4, -0.2) is 49.0 Å². The number of carbonyl (C=O) groups is 1. The van der Waals surface area contributed by atoms with Gasteiger partial charge in [-0.15, -0.1) is 12.4 Å². The van der Waals surface area contributed by atoms with E-state index in [9.17, 15) is 4.79 Å². The standard InChI is InChI=1S/C11H20N2OS.ClH/c1-15-7-2-10(14)13-6-4-11(9-13)3-5-12-8-11;/h12H,2-9H2,1H3;1H. The first-order chi connectivity index (χ1) is 7.26. The highest BCUT2D eigenvalue weighted by atomic mass is 35.5. The van der Waals surface area contributed by atoms with E-state index in [2.05, 4.69) is 16.5 Å². The van der Waals surface area contributed by atoms with E-state index < -0.39 is 0 Å². The number of nitrogens with one attached hydrogen (secondary N) is 1. The summed E-state index contributed by atoms with van der Waals surface area (Å²) in [5.74, 6) is 1.31. The molecule has 1 unspecified atom stereocenters. The van der Waals surface area contributed by atoms with Crippen LogP contribution in [0.3, 0.4) is 0 Å².